The zero-order valence-electron chi connectivity index (χ0n) is 6.90. The van der Waals surface area contributed by atoms with E-state index in [0.717, 1.165) is 5.56 Å². The molecule has 2 atom stereocenters. The average molecular weight is 197 g/mol. The van der Waals surface area contributed by atoms with Crippen molar-refractivity contribution in [2.45, 2.75) is 11.3 Å². The molecular formula is C10H9ClO2. The van der Waals surface area contributed by atoms with Crippen LogP contribution < -0.4 is 0 Å². The van der Waals surface area contributed by atoms with Crippen molar-refractivity contribution in [3.05, 3.63) is 35.9 Å². The Morgan fingerprint density at radius 2 is 2.08 bits per heavy atom. The van der Waals surface area contributed by atoms with Gasteiger partial charge in [-0.25, -0.2) is 0 Å². The summed E-state index contributed by atoms with van der Waals surface area (Å²) in [6.45, 7) is 0. The number of rotatable bonds is 2. The van der Waals surface area contributed by atoms with Gasteiger partial charge >= 0.3 is 5.97 Å². The SMILES string of the molecule is O=C(O)C1CC1(Cl)c1ccccc1. The van der Waals surface area contributed by atoms with Crippen LogP contribution in [0.15, 0.2) is 30.3 Å². The summed E-state index contributed by atoms with van der Waals surface area (Å²) in [5.74, 6) is -1.23. The Labute approximate surface area is 81.1 Å². The first-order valence-corrected chi connectivity index (χ1v) is 4.49. The summed E-state index contributed by atoms with van der Waals surface area (Å²) in [6.07, 6.45) is 0.536. The van der Waals surface area contributed by atoms with E-state index in [0.29, 0.717) is 6.42 Å². The highest BCUT2D eigenvalue weighted by Crippen LogP contribution is 2.57. The molecule has 0 heterocycles. The molecule has 2 nitrogen and oxygen atoms in total. The van der Waals surface area contributed by atoms with Crippen LogP contribution in [0.3, 0.4) is 0 Å². The Kier molecular flexibility index (Phi) is 1.81. The van der Waals surface area contributed by atoms with Crippen molar-refractivity contribution in [3.8, 4) is 0 Å². The highest BCUT2D eigenvalue weighted by atomic mass is 35.5. The van der Waals surface area contributed by atoms with Gasteiger partial charge < -0.3 is 5.11 Å². The second-order valence-electron chi connectivity index (χ2n) is 3.32. The summed E-state index contributed by atoms with van der Waals surface area (Å²) >= 11 is 6.15. The van der Waals surface area contributed by atoms with E-state index in [1.165, 1.54) is 0 Å². The molecule has 1 aliphatic rings. The van der Waals surface area contributed by atoms with Crippen LogP contribution in [-0.4, -0.2) is 11.1 Å². The number of carbonyl (C=O) groups is 1. The van der Waals surface area contributed by atoms with Crippen LogP contribution in [0.2, 0.25) is 0 Å². The van der Waals surface area contributed by atoms with Crippen LogP contribution in [0.25, 0.3) is 0 Å². The lowest BCUT2D eigenvalue weighted by molar-refractivity contribution is -0.138. The number of halogens is 1. The molecule has 2 unspecified atom stereocenters. The molecule has 0 amide bonds. The van der Waals surface area contributed by atoms with E-state index in [1.807, 2.05) is 30.3 Å². The van der Waals surface area contributed by atoms with Gasteiger partial charge in [-0.1, -0.05) is 30.3 Å². The van der Waals surface area contributed by atoms with Gasteiger partial charge in [-0.2, -0.15) is 0 Å². The van der Waals surface area contributed by atoms with Gasteiger partial charge in [0.15, 0.2) is 0 Å². The fourth-order valence-electron chi connectivity index (χ4n) is 1.56. The number of benzene rings is 1. The van der Waals surface area contributed by atoms with Crippen LogP contribution in [-0.2, 0) is 9.67 Å². The molecule has 1 N–H and O–H groups in total. The van der Waals surface area contributed by atoms with Crippen molar-refractivity contribution >= 4 is 17.6 Å². The third kappa shape index (κ3) is 1.31. The largest absolute Gasteiger partial charge is 0.481 e. The molecule has 1 aliphatic carbocycles. The maximum atomic E-state index is 10.7. The van der Waals surface area contributed by atoms with Crippen LogP contribution >= 0.6 is 11.6 Å². The zero-order valence-corrected chi connectivity index (χ0v) is 7.66. The van der Waals surface area contributed by atoms with Gasteiger partial charge in [-0.15, -0.1) is 11.6 Å². The lowest BCUT2D eigenvalue weighted by atomic mass is 10.1. The van der Waals surface area contributed by atoms with Crippen LogP contribution in [0, 0.1) is 5.92 Å². The van der Waals surface area contributed by atoms with Crippen molar-refractivity contribution in [1.82, 2.24) is 0 Å². The second-order valence-corrected chi connectivity index (χ2v) is 4.00. The predicted molar refractivity (Wildman–Crippen MR) is 49.7 cm³/mol. The smallest absolute Gasteiger partial charge is 0.308 e. The quantitative estimate of drug-likeness (QED) is 0.737. The van der Waals surface area contributed by atoms with Gasteiger partial charge in [0, 0.05) is 0 Å². The summed E-state index contributed by atoms with van der Waals surface area (Å²) in [7, 11) is 0. The molecule has 1 aromatic rings. The first-order chi connectivity index (χ1) is 6.14. The molecule has 0 bridgehead atoms. The summed E-state index contributed by atoms with van der Waals surface area (Å²) in [6, 6.07) is 9.38. The van der Waals surface area contributed by atoms with Gasteiger partial charge in [0.05, 0.1) is 10.8 Å². The molecule has 0 radical (unpaired) electrons. The van der Waals surface area contributed by atoms with E-state index in [-0.39, 0.29) is 0 Å². The van der Waals surface area contributed by atoms with E-state index in [9.17, 15) is 4.79 Å². The number of hydrogen-bond acceptors (Lipinski definition) is 1. The van der Waals surface area contributed by atoms with E-state index in [2.05, 4.69) is 0 Å². The van der Waals surface area contributed by atoms with Crippen molar-refractivity contribution in [2.75, 3.05) is 0 Å². The number of hydrogen-bond donors (Lipinski definition) is 1. The van der Waals surface area contributed by atoms with Crippen molar-refractivity contribution in [1.29, 1.82) is 0 Å². The summed E-state index contributed by atoms with van der Waals surface area (Å²) < 4.78 is 0. The summed E-state index contributed by atoms with van der Waals surface area (Å²) in [4.78, 5) is 10.0. The molecule has 68 valence electrons. The Balaban J connectivity index is 2.25. The highest BCUT2D eigenvalue weighted by Gasteiger charge is 2.58. The minimum Gasteiger partial charge on any atom is -0.481 e. The maximum absolute atomic E-state index is 10.7. The van der Waals surface area contributed by atoms with E-state index >= 15 is 0 Å². The molecule has 0 aliphatic heterocycles. The van der Waals surface area contributed by atoms with E-state index < -0.39 is 16.8 Å². The van der Waals surface area contributed by atoms with Crippen molar-refractivity contribution in [2.24, 2.45) is 5.92 Å². The standard InChI is InChI=1S/C10H9ClO2/c11-10(6-8(10)9(12)13)7-4-2-1-3-5-7/h1-5,8H,6H2,(H,12,13). The van der Waals surface area contributed by atoms with Crippen molar-refractivity contribution < 1.29 is 9.90 Å². The molecule has 1 aromatic carbocycles. The van der Waals surface area contributed by atoms with Crippen LogP contribution in [0.5, 0.6) is 0 Å². The first-order valence-electron chi connectivity index (χ1n) is 4.12. The number of carboxylic acids is 1. The highest BCUT2D eigenvalue weighted by molar-refractivity contribution is 6.28. The summed E-state index contributed by atoms with van der Waals surface area (Å²) in [5, 5.41) is 8.77. The molecule has 0 spiro atoms. The lowest BCUT2D eigenvalue weighted by Gasteiger charge is -2.06. The van der Waals surface area contributed by atoms with E-state index in [1.54, 1.807) is 0 Å². The zero-order chi connectivity index (χ0) is 9.47. The molecule has 1 saturated carbocycles. The second kappa shape index (κ2) is 2.74. The predicted octanol–water partition coefficient (Wildman–Crippen LogP) is 2.23. The third-order valence-corrected chi connectivity index (χ3v) is 3.08. The molecule has 1 fully saturated rings. The fourth-order valence-corrected chi connectivity index (χ4v) is 1.93. The topological polar surface area (TPSA) is 37.3 Å². The fraction of sp³-hybridized carbons (Fsp3) is 0.300. The minimum atomic E-state index is -0.807. The molecule has 0 saturated heterocycles. The number of alkyl halides is 1. The number of aliphatic carboxylic acids is 1. The Morgan fingerprint density at radius 3 is 2.54 bits per heavy atom. The Hall–Kier alpha value is -1.02. The molecule has 0 aromatic heterocycles. The molecule has 13 heavy (non-hydrogen) atoms. The first kappa shape index (κ1) is 8.57. The van der Waals surface area contributed by atoms with Gasteiger partial charge in [0.2, 0.25) is 0 Å². The average Bonchev–Trinajstić information content (AvgIpc) is 2.82. The maximum Gasteiger partial charge on any atom is 0.308 e. The molecule has 3 heteroatoms. The monoisotopic (exact) mass is 196 g/mol. The van der Waals surface area contributed by atoms with Crippen LogP contribution in [0.4, 0.5) is 0 Å². The van der Waals surface area contributed by atoms with Gasteiger partial charge in [0.25, 0.3) is 0 Å². The lowest BCUT2D eigenvalue weighted by Crippen LogP contribution is -2.08. The Morgan fingerprint density at radius 1 is 1.46 bits per heavy atom. The normalized spacial score (nSPS) is 31.3. The third-order valence-electron chi connectivity index (χ3n) is 2.45. The minimum absolute atomic E-state index is 0.420. The van der Waals surface area contributed by atoms with Crippen molar-refractivity contribution in [3.63, 3.8) is 0 Å². The van der Waals surface area contributed by atoms with Gasteiger partial charge in [0.1, 0.15) is 0 Å². The molecule has 2 rings (SSSR count). The van der Waals surface area contributed by atoms with E-state index in [4.69, 9.17) is 16.7 Å². The van der Waals surface area contributed by atoms with Gasteiger partial charge in [-0.05, 0) is 12.0 Å². The Bertz CT molecular complexity index is 336. The van der Waals surface area contributed by atoms with Crippen LogP contribution in [0.1, 0.15) is 12.0 Å². The number of carboxylic acid groups (broad SMARTS) is 1. The summed E-state index contributed by atoms with van der Waals surface area (Å²) in [5.41, 5.74) is 0.907. The molecular weight excluding hydrogens is 188 g/mol. The van der Waals surface area contributed by atoms with Gasteiger partial charge in [-0.3, -0.25) is 4.79 Å².